The number of hydrogen-bond donors (Lipinski definition) is 1. The van der Waals surface area contributed by atoms with Crippen LogP contribution in [0.25, 0.3) is 6.08 Å². The molecular weight excluding hydrogens is 258 g/mol. The van der Waals surface area contributed by atoms with Gasteiger partial charge in [0.2, 0.25) is 5.88 Å². The molecule has 20 heavy (non-hydrogen) atoms. The Morgan fingerprint density at radius 2 is 2.20 bits per heavy atom. The number of hydrogen-bond acceptors (Lipinski definition) is 5. The summed E-state index contributed by atoms with van der Waals surface area (Å²) >= 11 is 0. The normalized spacial score (nSPS) is 11.7. The Kier molecular flexibility index (Phi) is 5.70. The standard InChI is InChI=1S/C15H21NO4/c1-5-19-13(17)7-6-12-8-11(2)14(16-9-12)20-10-15(3,4)18/h6-9,18H,5,10H2,1-4H3/b7-6+. The Labute approximate surface area is 119 Å². The van der Waals surface area contributed by atoms with Gasteiger partial charge in [-0.15, -0.1) is 0 Å². The highest BCUT2D eigenvalue weighted by atomic mass is 16.5. The Morgan fingerprint density at radius 3 is 2.75 bits per heavy atom. The van der Waals surface area contributed by atoms with Gasteiger partial charge in [-0.05, 0) is 45.4 Å². The quantitative estimate of drug-likeness (QED) is 0.638. The molecule has 5 heteroatoms. The zero-order valence-electron chi connectivity index (χ0n) is 12.3. The lowest BCUT2D eigenvalue weighted by molar-refractivity contribution is -0.137. The van der Waals surface area contributed by atoms with Gasteiger partial charge in [-0.25, -0.2) is 9.78 Å². The molecule has 0 fully saturated rings. The number of carbonyl (C=O) groups is 1. The Bertz CT molecular complexity index is 489. The van der Waals surface area contributed by atoms with E-state index in [9.17, 15) is 9.90 Å². The molecule has 0 atom stereocenters. The third-order valence-electron chi connectivity index (χ3n) is 2.31. The van der Waals surface area contributed by atoms with Gasteiger partial charge in [0, 0.05) is 17.8 Å². The van der Waals surface area contributed by atoms with Crippen LogP contribution in [-0.4, -0.2) is 34.9 Å². The highest BCUT2D eigenvalue weighted by Gasteiger charge is 2.14. The lowest BCUT2D eigenvalue weighted by Crippen LogP contribution is -2.28. The first kappa shape index (κ1) is 16.2. The summed E-state index contributed by atoms with van der Waals surface area (Å²) in [4.78, 5) is 15.4. The van der Waals surface area contributed by atoms with Gasteiger partial charge >= 0.3 is 5.97 Å². The lowest BCUT2D eigenvalue weighted by atomic mass is 10.1. The van der Waals surface area contributed by atoms with Crippen LogP contribution in [0.4, 0.5) is 0 Å². The second-order valence-electron chi connectivity index (χ2n) is 5.08. The first-order valence-electron chi connectivity index (χ1n) is 6.48. The number of ether oxygens (including phenoxy) is 2. The minimum Gasteiger partial charge on any atom is -0.474 e. The van der Waals surface area contributed by atoms with E-state index in [1.807, 2.05) is 13.0 Å². The summed E-state index contributed by atoms with van der Waals surface area (Å²) in [7, 11) is 0. The Morgan fingerprint density at radius 1 is 1.50 bits per heavy atom. The fraction of sp³-hybridized carbons (Fsp3) is 0.467. The number of carbonyl (C=O) groups excluding carboxylic acids is 1. The molecule has 0 bridgehead atoms. The monoisotopic (exact) mass is 279 g/mol. The smallest absolute Gasteiger partial charge is 0.330 e. The maximum absolute atomic E-state index is 11.2. The topological polar surface area (TPSA) is 68.7 Å². The van der Waals surface area contributed by atoms with E-state index in [-0.39, 0.29) is 12.6 Å². The number of aryl methyl sites for hydroxylation is 1. The van der Waals surface area contributed by atoms with Gasteiger partial charge in [0.1, 0.15) is 6.61 Å². The lowest BCUT2D eigenvalue weighted by Gasteiger charge is -2.18. The summed E-state index contributed by atoms with van der Waals surface area (Å²) in [6.07, 6.45) is 4.59. The third kappa shape index (κ3) is 5.84. The molecule has 5 nitrogen and oxygen atoms in total. The summed E-state index contributed by atoms with van der Waals surface area (Å²) in [5.74, 6) is 0.0907. The van der Waals surface area contributed by atoms with Gasteiger partial charge in [0.15, 0.2) is 0 Å². The Hall–Kier alpha value is -1.88. The number of rotatable bonds is 6. The molecule has 0 aliphatic carbocycles. The molecule has 0 amide bonds. The highest BCUT2D eigenvalue weighted by Crippen LogP contribution is 2.17. The zero-order chi connectivity index (χ0) is 15.2. The highest BCUT2D eigenvalue weighted by molar-refractivity contribution is 5.87. The van der Waals surface area contributed by atoms with Crippen molar-refractivity contribution < 1.29 is 19.4 Å². The van der Waals surface area contributed by atoms with E-state index in [4.69, 9.17) is 9.47 Å². The van der Waals surface area contributed by atoms with Crippen LogP contribution in [-0.2, 0) is 9.53 Å². The van der Waals surface area contributed by atoms with E-state index < -0.39 is 5.60 Å². The first-order valence-corrected chi connectivity index (χ1v) is 6.48. The molecule has 0 aliphatic rings. The second-order valence-corrected chi connectivity index (χ2v) is 5.08. The van der Waals surface area contributed by atoms with Gasteiger partial charge < -0.3 is 14.6 Å². The second kappa shape index (κ2) is 7.05. The minimum absolute atomic E-state index is 0.166. The van der Waals surface area contributed by atoms with Crippen LogP contribution in [0.3, 0.4) is 0 Å². The van der Waals surface area contributed by atoms with Crippen molar-refractivity contribution in [2.75, 3.05) is 13.2 Å². The van der Waals surface area contributed by atoms with Crippen LogP contribution < -0.4 is 4.74 Å². The number of esters is 1. The van der Waals surface area contributed by atoms with Gasteiger partial charge in [0.05, 0.1) is 12.2 Å². The van der Waals surface area contributed by atoms with E-state index in [1.54, 1.807) is 33.0 Å². The summed E-state index contributed by atoms with van der Waals surface area (Å²) in [6.45, 7) is 7.46. The van der Waals surface area contributed by atoms with E-state index in [2.05, 4.69) is 4.98 Å². The van der Waals surface area contributed by atoms with Crippen molar-refractivity contribution in [1.82, 2.24) is 4.98 Å². The van der Waals surface area contributed by atoms with Crippen molar-refractivity contribution in [2.45, 2.75) is 33.3 Å². The van der Waals surface area contributed by atoms with Crippen molar-refractivity contribution in [3.8, 4) is 5.88 Å². The maximum Gasteiger partial charge on any atom is 0.330 e. The largest absolute Gasteiger partial charge is 0.474 e. The number of aromatic nitrogens is 1. The van der Waals surface area contributed by atoms with Crippen LogP contribution >= 0.6 is 0 Å². The van der Waals surface area contributed by atoms with Crippen molar-refractivity contribution in [3.63, 3.8) is 0 Å². The van der Waals surface area contributed by atoms with Gasteiger partial charge in [-0.3, -0.25) is 0 Å². The van der Waals surface area contributed by atoms with Gasteiger partial charge in [-0.1, -0.05) is 0 Å². The number of pyridine rings is 1. The minimum atomic E-state index is -0.906. The van der Waals surface area contributed by atoms with Crippen molar-refractivity contribution >= 4 is 12.0 Å². The fourth-order valence-electron chi connectivity index (χ4n) is 1.43. The molecule has 0 aliphatic heterocycles. The number of aliphatic hydroxyl groups is 1. The third-order valence-corrected chi connectivity index (χ3v) is 2.31. The predicted octanol–water partition coefficient (Wildman–Crippen LogP) is 2.12. The van der Waals surface area contributed by atoms with Crippen LogP contribution in [0.1, 0.15) is 31.9 Å². The van der Waals surface area contributed by atoms with Gasteiger partial charge in [0.25, 0.3) is 0 Å². The van der Waals surface area contributed by atoms with E-state index in [0.29, 0.717) is 12.5 Å². The molecule has 0 saturated carbocycles. The van der Waals surface area contributed by atoms with Gasteiger partial charge in [-0.2, -0.15) is 0 Å². The van der Waals surface area contributed by atoms with E-state index >= 15 is 0 Å². The van der Waals surface area contributed by atoms with Crippen molar-refractivity contribution in [3.05, 3.63) is 29.5 Å². The molecule has 1 aromatic rings. The Balaban J connectivity index is 2.70. The van der Waals surface area contributed by atoms with E-state index in [0.717, 1.165) is 11.1 Å². The summed E-state index contributed by atoms with van der Waals surface area (Å²) in [5, 5.41) is 9.60. The van der Waals surface area contributed by atoms with Crippen LogP contribution in [0.15, 0.2) is 18.3 Å². The van der Waals surface area contributed by atoms with Crippen LogP contribution in [0, 0.1) is 6.92 Å². The molecule has 0 spiro atoms. The summed E-state index contributed by atoms with van der Waals surface area (Å²) in [5.41, 5.74) is 0.711. The summed E-state index contributed by atoms with van der Waals surface area (Å²) in [6, 6.07) is 1.85. The SMILES string of the molecule is CCOC(=O)/C=C/c1cnc(OCC(C)(C)O)c(C)c1. The average molecular weight is 279 g/mol. The molecule has 0 radical (unpaired) electrons. The predicted molar refractivity (Wildman–Crippen MR) is 76.4 cm³/mol. The van der Waals surface area contributed by atoms with Crippen molar-refractivity contribution in [2.24, 2.45) is 0 Å². The summed E-state index contributed by atoms with van der Waals surface area (Å²) < 4.78 is 10.2. The van der Waals surface area contributed by atoms with Crippen LogP contribution in [0.2, 0.25) is 0 Å². The first-order chi connectivity index (χ1) is 9.31. The molecular formula is C15H21NO4. The molecule has 0 saturated heterocycles. The van der Waals surface area contributed by atoms with E-state index in [1.165, 1.54) is 6.08 Å². The molecule has 1 heterocycles. The fourth-order valence-corrected chi connectivity index (χ4v) is 1.43. The molecule has 0 aromatic carbocycles. The molecule has 1 N–H and O–H groups in total. The zero-order valence-corrected chi connectivity index (χ0v) is 12.3. The number of nitrogens with zero attached hydrogens (tertiary/aromatic N) is 1. The average Bonchev–Trinajstić information content (AvgIpc) is 2.34. The molecule has 0 unspecified atom stereocenters. The molecule has 1 rings (SSSR count). The maximum atomic E-state index is 11.2. The van der Waals surface area contributed by atoms with Crippen molar-refractivity contribution in [1.29, 1.82) is 0 Å². The molecule has 110 valence electrons. The van der Waals surface area contributed by atoms with Crippen LogP contribution in [0.5, 0.6) is 5.88 Å². The molecule has 1 aromatic heterocycles.